The molecule has 2 rings (SSSR count). The maximum atomic E-state index is 5.99. The van der Waals surface area contributed by atoms with E-state index in [0.29, 0.717) is 0 Å². The van der Waals surface area contributed by atoms with E-state index in [1.807, 2.05) is 0 Å². The van der Waals surface area contributed by atoms with Crippen LogP contribution in [0.3, 0.4) is 0 Å². The number of nitrogens with zero attached hydrogens (tertiary/aromatic N) is 1. The van der Waals surface area contributed by atoms with Crippen LogP contribution in [0.1, 0.15) is 38.8 Å². The van der Waals surface area contributed by atoms with Crippen molar-refractivity contribution in [3.05, 3.63) is 29.3 Å². The van der Waals surface area contributed by atoms with Crippen LogP contribution in [0.15, 0.2) is 18.2 Å². The fourth-order valence-corrected chi connectivity index (χ4v) is 3.09. The number of ether oxygens (including phenoxy) is 1. The summed E-state index contributed by atoms with van der Waals surface area (Å²) in [5.74, 6) is 0. The summed E-state index contributed by atoms with van der Waals surface area (Å²) < 4.78 is 5.99. The first-order valence-electron chi connectivity index (χ1n) is 7.64. The van der Waals surface area contributed by atoms with Crippen molar-refractivity contribution >= 4 is 5.69 Å². The average molecular weight is 276 g/mol. The quantitative estimate of drug-likeness (QED) is 0.914. The Hall–Kier alpha value is -1.06. The average Bonchev–Trinajstić information content (AvgIpc) is 2.33. The Morgan fingerprint density at radius 1 is 1.40 bits per heavy atom. The molecule has 0 radical (unpaired) electrons. The molecule has 20 heavy (non-hydrogen) atoms. The van der Waals surface area contributed by atoms with Gasteiger partial charge in [-0.1, -0.05) is 19.1 Å². The minimum absolute atomic E-state index is 0.0768. The summed E-state index contributed by atoms with van der Waals surface area (Å²) in [5.41, 5.74) is 3.97. The molecule has 1 unspecified atom stereocenters. The van der Waals surface area contributed by atoms with Crippen LogP contribution in [0.4, 0.5) is 5.69 Å². The molecule has 0 amide bonds. The summed E-state index contributed by atoms with van der Waals surface area (Å²) in [4.78, 5) is 2.46. The molecule has 3 heteroatoms. The minimum Gasteiger partial charge on any atom is -0.369 e. The Morgan fingerprint density at radius 2 is 2.15 bits per heavy atom. The van der Waals surface area contributed by atoms with E-state index in [4.69, 9.17) is 4.74 Å². The second kappa shape index (κ2) is 6.15. The number of benzene rings is 1. The molecule has 3 nitrogen and oxygen atoms in total. The van der Waals surface area contributed by atoms with Crippen molar-refractivity contribution in [3.63, 3.8) is 0 Å². The van der Waals surface area contributed by atoms with Crippen LogP contribution < -0.4 is 10.2 Å². The second-order valence-corrected chi connectivity index (χ2v) is 6.47. The summed E-state index contributed by atoms with van der Waals surface area (Å²) in [6.07, 6.45) is 0.277. The zero-order valence-corrected chi connectivity index (χ0v) is 13.5. The number of aryl methyl sites for hydroxylation is 1. The van der Waals surface area contributed by atoms with Crippen molar-refractivity contribution in [2.24, 2.45) is 0 Å². The van der Waals surface area contributed by atoms with E-state index < -0.39 is 0 Å². The van der Waals surface area contributed by atoms with Gasteiger partial charge in [-0.05, 0) is 51.4 Å². The fraction of sp³-hybridized carbons (Fsp3) is 0.647. The van der Waals surface area contributed by atoms with Gasteiger partial charge in [0.05, 0.1) is 11.7 Å². The summed E-state index contributed by atoms with van der Waals surface area (Å²) in [7, 11) is 0. The molecule has 0 aromatic heterocycles. The predicted molar refractivity (Wildman–Crippen MR) is 85.4 cm³/mol. The highest BCUT2D eigenvalue weighted by Gasteiger charge is 2.31. The van der Waals surface area contributed by atoms with Gasteiger partial charge in [0.15, 0.2) is 0 Å². The number of nitrogens with one attached hydrogen (secondary N) is 1. The Bertz CT molecular complexity index is 456. The molecule has 0 saturated carbocycles. The smallest absolute Gasteiger partial charge is 0.0805 e. The van der Waals surface area contributed by atoms with Crippen molar-refractivity contribution in [3.8, 4) is 0 Å². The Kier molecular flexibility index (Phi) is 4.71. The molecule has 112 valence electrons. The topological polar surface area (TPSA) is 24.5 Å². The van der Waals surface area contributed by atoms with Crippen LogP contribution in [-0.2, 0) is 11.3 Å². The zero-order valence-electron chi connectivity index (χ0n) is 13.5. The van der Waals surface area contributed by atoms with Gasteiger partial charge < -0.3 is 15.0 Å². The Labute approximate surface area is 123 Å². The summed E-state index contributed by atoms with van der Waals surface area (Å²) in [6, 6.07) is 6.79. The minimum atomic E-state index is -0.0768. The first-order valence-corrected chi connectivity index (χ1v) is 7.64. The van der Waals surface area contributed by atoms with E-state index in [9.17, 15) is 0 Å². The van der Waals surface area contributed by atoms with Crippen LogP contribution in [-0.4, -0.2) is 31.3 Å². The molecule has 1 aromatic rings. The SMILES string of the molecule is CCNCc1ccc(N2CC(C)OC(C)(C)C2)c(C)c1. The lowest BCUT2D eigenvalue weighted by Gasteiger charge is -2.43. The van der Waals surface area contributed by atoms with Gasteiger partial charge in [-0.3, -0.25) is 0 Å². The van der Waals surface area contributed by atoms with Crippen molar-refractivity contribution in [1.29, 1.82) is 0 Å². The Balaban J connectivity index is 2.16. The van der Waals surface area contributed by atoms with E-state index in [-0.39, 0.29) is 11.7 Å². The largest absolute Gasteiger partial charge is 0.369 e. The molecule has 1 fully saturated rings. The third-order valence-corrected chi connectivity index (χ3v) is 3.75. The third-order valence-electron chi connectivity index (χ3n) is 3.75. The molecular weight excluding hydrogens is 248 g/mol. The second-order valence-electron chi connectivity index (χ2n) is 6.47. The lowest BCUT2D eigenvalue weighted by atomic mass is 10.0. The van der Waals surface area contributed by atoms with E-state index in [2.05, 4.69) is 63.0 Å². The normalized spacial score (nSPS) is 22.1. The van der Waals surface area contributed by atoms with Gasteiger partial charge in [0.25, 0.3) is 0 Å². The van der Waals surface area contributed by atoms with Gasteiger partial charge in [0, 0.05) is 25.3 Å². The molecule has 1 N–H and O–H groups in total. The number of rotatable bonds is 4. The first-order chi connectivity index (χ1) is 9.41. The highest BCUT2D eigenvalue weighted by Crippen LogP contribution is 2.28. The van der Waals surface area contributed by atoms with Gasteiger partial charge in [-0.2, -0.15) is 0 Å². The van der Waals surface area contributed by atoms with Crippen molar-refractivity contribution < 1.29 is 4.74 Å². The number of hydrogen-bond donors (Lipinski definition) is 1. The fourth-order valence-electron chi connectivity index (χ4n) is 3.09. The maximum absolute atomic E-state index is 5.99. The highest BCUT2D eigenvalue weighted by atomic mass is 16.5. The van der Waals surface area contributed by atoms with Crippen LogP contribution in [0.5, 0.6) is 0 Å². The van der Waals surface area contributed by atoms with Crippen molar-refractivity contribution in [2.75, 3.05) is 24.5 Å². The van der Waals surface area contributed by atoms with E-state index in [0.717, 1.165) is 26.2 Å². The van der Waals surface area contributed by atoms with Crippen molar-refractivity contribution in [2.45, 2.75) is 52.9 Å². The summed E-state index contributed by atoms with van der Waals surface area (Å²) >= 11 is 0. The molecule has 0 aliphatic carbocycles. The molecule has 0 bridgehead atoms. The molecule has 1 heterocycles. The molecule has 1 saturated heterocycles. The zero-order chi connectivity index (χ0) is 14.8. The Morgan fingerprint density at radius 3 is 2.75 bits per heavy atom. The number of anilines is 1. The van der Waals surface area contributed by atoms with E-state index in [1.54, 1.807) is 0 Å². The summed E-state index contributed by atoms with van der Waals surface area (Å²) in [6.45, 7) is 14.7. The van der Waals surface area contributed by atoms with Crippen LogP contribution in [0, 0.1) is 6.92 Å². The van der Waals surface area contributed by atoms with E-state index >= 15 is 0 Å². The lowest BCUT2D eigenvalue weighted by Crippen LogP contribution is -2.52. The number of hydrogen-bond acceptors (Lipinski definition) is 3. The molecule has 1 atom stereocenters. The molecule has 1 aliphatic heterocycles. The van der Waals surface area contributed by atoms with Gasteiger partial charge in [0.1, 0.15) is 0 Å². The van der Waals surface area contributed by atoms with Gasteiger partial charge in [0.2, 0.25) is 0 Å². The first kappa shape index (κ1) is 15.3. The van der Waals surface area contributed by atoms with Gasteiger partial charge in [-0.15, -0.1) is 0 Å². The van der Waals surface area contributed by atoms with Crippen LogP contribution in [0.25, 0.3) is 0 Å². The molecule has 1 aromatic carbocycles. The van der Waals surface area contributed by atoms with Gasteiger partial charge in [-0.25, -0.2) is 0 Å². The highest BCUT2D eigenvalue weighted by molar-refractivity contribution is 5.55. The maximum Gasteiger partial charge on any atom is 0.0805 e. The van der Waals surface area contributed by atoms with Crippen molar-refractivity contribution in [1.82, 2.24) is 5.32 Å². The standard InChI is InChI=1S/C17H28N2O/c1-6-18-10-15-7-8-16(13(2)9-15)19-11-14(3)20-17(4,5)12-19/h7-9,14,18H,6,10-12H2,1-5H3. The molecular formula is C17H28N2O. The van der Waals surface area contributed by atoms with Crippen LogP contribution >= 0.6 is 0 Å². The van der Waals surface area contributed by atoms with Gasteiger partial charge >= 0.3 is 0 Å². The lowest BCUT2D eigenvalue weighted by molar-refractivity contribution is -0.0749. The van der Waals surface area contributed by atoms with E-state index in [1.165, 1.54) is 16.8 Å². The molecule has 0 spiro atoms. The predicted octanol–water partition coefficient (Wildman–Crippen LogP) is 3.11. The molecule has 1 aliphatic rings. The van der Waals surface area contributed by atoms with Crippen LogP contribution in [0.2, 0.25) is 0 Å². The number of morpholine rings is 1. The monoisotopic (exact) mass is 276 g/mol. The summed E-state index contributed by atoms with van der Waals surface area (Å²) in [5, 5.41) is 3.38. The third kappa shape index (κ3) is 3.74.